The second-order valence-electron chi connectivity index (χ2n) is 8.82. The van der Waals surface area contributed by atoms with Crippen molar-refractivity contribution in [3.63, 3.8) is 0 Å². The van der Waals surface area contributed by atoms with Crippen molar-refractivity contribution < 1.29 is 9.53 Å². The molecule has 1 atom stereocenters. The zero-order valence-corrected chi connectivity index (χ0v) is 20.7. The number of aryl methyl sites for hydroxylation is 2. The van der Waals surface area contributed by atoms with Gasteiger partial charge in [0.15, 0.2) is 0 Å². The van der Waals surface area contributed by atoms with Crippen LogP contribution in [0.15, 0.2) is 60.8 Å². The Kier molecular flexibility index (Phi) is 6.64. The number of halogens is 1. The van der Waals surface area contributed by atoms with Gasteiger partial charge in [0.05, 0.1) is 41.1 Å². The van der Waals surface area contributed by atoms with Gasteiger partial charge in [0, 0.05) is 18.5 Å². The Balaban J connectivity index is 1.46. The van der Waals surface area contributed by atoms with Crippen molar-refractivity contribution in [2.45, 2.75) is 45.3 Å². The Labute approximate surface area is 210 Å². The van der Waals surface area contributed by atoms with Gasteiger partial charge in [-0.3, -0.25) is 9.48 Å². The lowest BCUT2D eigenvalue weighted by atomic mass is 9.87. The average molecular weight is 489 g/mol. The van der Waals surface area contributed by atoms with Crippen molar-refractivity contribution >= 4 is 34.1 Å². The molecule has 4 aromatic rings. The van der Waals surface area contributed by atoms with Crippen LogP contribution < -0.4 is 15.4 Å². The number of anilines is 1. The quantitative estimate of drug-likeness (QED) is 0.328. The third-order valence-electron chi connectivity index (χ3n) is 6.73. The molecule has 1 heterocycles. The lowest BCUT2D eigenvalue weighted by Gasteiger charge is -2.27. The molecule has 2 N–H and O–H groups in total. The Hall–Kier alpha value is -3.51. The van der Waals surface area contributed by atoms with E-state index in [1.165, 1.54) is 11.1 Å². The van der Waals surface area contributed by atoms with E-state index in [0.29, 0.717) is 22.9 Å². The Morgan fingerprint density at radius 1 is 1.20 bits per heavy atom. The summed E-state index contributed by atoms with van der Waals surface area (Å²) in [5.41, 5.74) is 5.89. The van der Waals surface area contributed by atoms with Crippen molar-refractivity contribution in [1.82, 2.24) is 15.1 Å². The van der Waals surface area contributed by atoms with E-state index < -0.39 is 0 Å². The van der Waals surface area contributed by atoms with Crippen molar-refractivity contribution in [3.8, 4) is 5.75 Å². The van der Waals surface area contributed by atoms with Gasteiger partial charge in [-0.1, -0.05) is 41.9 Å². The Morgan fingerprint density at radius 2 is 2.06 bits per heavy atom. The summed E-state index contributed by atoms with van der Waals surface area (Å²) in [7, 11) is 1.60. The van der Waals surface area contributed by atoms with Gasteiger partial charge in [-0.2, -0.15) is 5.10 Å². The predicted molar refractivity (Wildman–Crippen MR) is 140 cm³/mol. The molecule has 180 valence electrons. The monoisotopic (exact) mass is 488 g/mol. The zero-order chi connectivity index (χ0) is 24.4. The average Bonchev–Trinajstić information content (AvgIpc) is 3.31. The number of ether oxygens (including phenoxy) is 1. The van der Waals surface area contributed by atoms with Gasteiger partial charge in [0.1, 0.15) is 5.75 Å². The number of methoxy groups -OCH3 is 1. The van der Waals surface area contributed by atoms with Crippen molar-refractivity contribution in [2.75, 3.05) is 12.4 Å². The van der Waals surface area contributed by atoms with E-state index in [0.717, 1.165) is 48.0 Å². The number of amides is 1. The summed E-state index contributed by atoms with van der Waals surface area (Å²) in [4.78, 5) is 13.6. The maximum absolute atomic E-state index is 13.6. The maximum atomic E-state index is 13.6. The second kappa shape index (κ2) is 10.0. The predicted octanol–water partition coefficient (Wildman–Crippen LogP) is 6.14. The molecule has 1 aliphatic rings. The summed E-state index contributed by atoms with van der Waals surface area (Å²) in [6.07, 6.45) is 4.89. The van der Waals surface area contributed by atoms with Crippen LogP contribution in [0.5, 0.6) is 5.75 Å². The largest absolute Gasteiger partial charge is 0.495 e. The van der Waals surface area contributed by atoms with Gasteiger partial charge in [0.2, 0.25) is 0 Å². The molecule has 1 amide bonds. The molecule has 0 bridgehead atoms. The number of hydrogen-bond acceptors (Lipinski definition) is 4. The van der Waals surface area contributed by atoms with Crippen LogP contribution in [0.25, 0.3) is 10.9 Å². The molecule has 0 aliphatic heterocycles. The van der Waals surface area contributed by atoms with E-state index in [4.69, 9.17) is 16.3 Å². The SMILES string of the molecule is CCn1ncc2c(NCc3ccc(OC)c(Cl)c3)c(C(=O)NC3CCCc4ccccc43)ccc21. The van der Waals surface area contributed by atoms with E-state index in [1.54, 1.807) is 7.11 Å². The van der Waals surface area contributed by atoms with Crippen molar-refractivity contribution in [3.05, 3.63) is 88.1 Å². The van der Waals surface area contributed by atoms with Gasteiger partial charge < -0.3 is 15.4 Å². The Morgan fingerprint density at radius 3 is 2.86 bits per heavy atom. The first-order chi connectivity index (χ1) is 17.1. The molecule has 0 fully saturated rings. The van der Waals surface area contributed by atoms with Crippen molar-refractivity contribution in [1.29, 1.82) is 0 Å². The molecule has 5 rings (SSSR count). The highest BCUT2D eigenvalue weighted by Gasteiger charge is 2.24. The number of rotatable bonds is 7. The van der Waals surface area contributed by atoms with Gasteiger partial charge in [-0.25, -0.2) is 0 Å². The first-order valence-corrected chi connectivity index (χ1v) is 12.4. The smallest absolute Gasteiger partial charge is 0.253 e. The van der Waals surface area contributed by atoms with Crippen LogP contribution in [0.4, 0.5) is 5.69 Å². The molecule has 0 spiro atoms. The third-order valence-corrected chi connectivity index (χ3v) is 7.03. The molecular weight excluding hydrogens is 460 g/mol. The number of fused-ring (bicyclic) bond motifs is 2. The maximum Gasteiger partial charge on any atom is 0.253 e. The highest BCUT2D eigenvalue weighted by Crippen LogP contribution is 2.33. The fourth-order valence-corrected chi connectivity index (χ4v) is 5.22. The normalized spacial score (nSPS) is 15.0. The number of aromatic nitrogens is 2. The second-order valence-corrected chi connectivity index (χ2v) is 9.23. The summed E-state index contributed by atoms with van der Waals surface area (Å²) in [5.74, 6) is 0.544. The minimum atomic E-state index is -0.0897. The summed E-state index contributed by atoms with van der Waals surface area (Å²) in [6.45, 7) is 3.31. The number of nitrogens with one attached hydrogen (secondary N) is 2. The van der Waals surface area contributed by atoms with E-state index in [9.17, 15) is 4.79 Å². The van der Waals surface area contributed by atoms with Crippen LogP contribution in [0.3, 0.4) is 0 Å². The third kappa shape index (κ3) is 4.58. The van der Waals surface area contributed by atoms with Gasteiger partial charge in [-0.15, -0.1) is 0 Å². The zero-order valence-electron chi connectivity index (χ0n) is 20.0. The minimum absolute atomic E-state index is 0.00903. The number of carbonyl (C=O) groups is 1. The topological polar surface area (TPSA) is 68.2 Å². The van der Waals surface area contributed by atoms with Crippen LogP contribution >= 0.6 is 11.6 Å². The van der Waals surface area contributed by atoms with E-state index in [1.807, 2.05) is 47.3 Å². The molecule has 6 nitrogen and oxygen atoms in total. The fraction of sp³-hybridized carbons (Fsp3) is 0.286. The standard InChI is InChI=1S/C28H29ClN4O2/c1-3-33-25-13-12-21(28(34)32-24-10-6-8-19-7-4-5-9-20(19)24)27(22(25)17-31-33)30-16-18-11-14-26(35-2)23(29)15-18/h4-5,7,9,11-15,17,24,30H,3,6,8,10,16H2,1-2H3,(H,32,34). The molecule has 0 radical (unpaired) electrons. The van der Waals surface area contributed by atoms with Crippen LogP contribution in [0.1, 0.15) is 52.9 Å². The molecule has 3 aromatic carbocycles. The summed E-state index contributed by atoms with van der Waals surface area (Å²) in [5, 5.41) is 12.8. The molecule has 1 aliphatic carbocycles. The van der Waals surface area contributed by atoms with Crippen LogP contribution in [0.2, 0.25) is 5.02 Å². The number of hydrogen-bond donors (Lipinski definition) is 2. The fourth-order valence-electron chi connectivity index (χ4n) is 4.94. The molecule has 7 heteroatoms. The van der Waals surface area contributed by atoms with Gasteiger partial charge >= 0.3 is 0 Å². The summed E-state index contributed by atoms with van der Waals surface area (Å²) >= 11 is 6.33. The van der Waals surface area contributed by atoms with Crippen LogP contribution in [-0.2, 0) is 19.5 Å². The lowest BCUT2D eigenvalue weighted by Crippen LogP contribution is -2.31. The molecule has 1 aromatic heterocycles. The molecular formula is C28H29ClN4O2. The number of carbonyl (C=O) groups excluding carboxylic acids is 1. The number of benzene rings is 3. The van der Waals surface area contributed by atoms with Gasteiger partial charge in [0.25, 0.3) is 5.91 Å². The van der Waals surface area contributed by atoms with E-state index >= 15 is 0 Å². The van der Waals surface area contributed by atoms with Crippen LogP contribution in [-0.4, -0.2) is 22.8 Å². The first-order valence-electron chi connectivity index (χ1n) is 12.0. The number of nitrogens with zero attached hydrogens (tertiary/aromatic N) is 2. The highest BCUT2D eigenvalue weighted by atomic mass is 35.5. The van der Waals surface area contributed by atoms with Crippen molar-refractivity contribution in [2.24, 2.45) is 0 Å². The molecule has 1 unspecified atom stereocenters. The first kappa shape index (κ1) is 23.2. The minimum Gasteiger partial charge on any atom is -0.495 e. The molecule has 0 saturated heterocycles. The summed E-state index contributed by atoms with van der Waals surface area (Å²) < 4.78 is 7.20. The Bertz CT molecular complexity index is 1380. The van der Waals surface area contributed by atoms with E-state index in [-0.39, 0.29) is 11.9 Å². The van der Waals surface area contributed by atoms with Gasteiger partial charge in [-0.05, 0) is 67.1 Å². The molecule has 35 heavy (non-hydrogen) atoms. The lowest BCUT2D eigenvalue weighted by molar-refractivity contribution is 0.0933. The highest BCUT2D eigenvalue weighted by molar-refractivity contribution is 6.32. The summed E-state index contributed by atoms with van der Waals surface area (Å²) in [6, 6.07) is 18.0. The van der Waals surface area contributed by atoms with E-state index in [2.05, 4.69) is 40.9 Å². The molecule has 0 saturated carbocycles. The van der Waals surface area contributed by atoms with Crippen LogP contribution in [0, 0.1) is 0 Å².